The van der Waals surface area contributed by atoms with Crippen LogP contribution in [0.1, 0.15) is 19.4 Å². The fraction of sp³-hybridized carbons (Fsp3) is 0.538. The average Bonchev–Trinajstić information content (AvgIpc) is 2.33. The Morgan fingerprint density at radius 3 is 2.53 bits per heavy atom. The molecule has 0 spiro atoms. The predicted octanol–water partition coefficient (Wildman–Crippen LogP) is 1.62. The Bertz CT molecular complexity index is 493. The highest BCUT2D eigenvalue weighted by atomic mass is 35.5. The molecule has 1 aromatic carbocycles. The lowest BCUT2D eigenvalue weighted by atomic mass is 10.1. The van der Waals surface area contributed by atoms with Crippen LogP contribution in [0.4, 0.5) is 0 Å². The Balaban J connectivity index is 0.00000180. The number of nitrogens with zero attached hydrogens (tertiary/aromatic N) is 1. The van der Waals surface area contributed by atoms with E-state index >= 15 is 0 Å². The molecule has 6 heteroatoms. The second kappa shape index (κ2) is 6.70. The monoisotopic (exact) mass is 304 g/mol. The van der Waals surface area contributed by atoms with E-state index in [2.05, 4.69) is 5.32 Å². The van der Waals surface area contributed by atoms with E-state index in [0.29, 0.717) is 6.54 Å². The zero-order chi connectivity index (χ0) is 13.2. The lowest BCUT2D eigenvalue weighted by Crippen LogP contribution is -2.57. The summed E-state index contributed by atoms with van der Waals surface area (Å²) in [4.78, 5) is 0. The van der Waals surface area contributed by atoms with Crippen molar-refractivity contribution in [3.8, 4) is 0 Å². The first kappa shape index (κ1) is 16.4. The number of halogens is 1. The number of rotatable bonds is 3. The van der Waals surface area contributed by atoms with Crippen molar-refractivity contribution in [3.63, 3.8) is 0 Å². The third-order valence-electron chi connectivity index (χ3n) is 3.53. The fourth-order valence-electron chi connectivity index (χ4n) is 2.29. The highest BCUT2D eigenvalue weighted by Gasteiger charge is 2.33. The molecule has 0 aromatic heterocycles. The van der Waals surface area contributed by atoms with E-state index in [9.17, 15) is 8.42 Å². The van der Waals surface area contributed by atoms with Crippen LogP contribution in [-0.4, -0.2) is 37.9 Å². The number of hydrogen-bond acceptors (Lipinski definition) is 3. The molecule has 1 fully saturated rings. The van der Waals surface area contributed by atoms with Gasteiger partial charge in [0.1, 0.15) is 0 Å². The molecule has 2 unspecified atom stereocenters. The molecule has 2 rings (SSSR count). The van der Waals surface area contributed by atoms with Crippen molar-refractivity contribution in [1.82, 2.24) is 9.62 Å². The minimum Gasteiger partial charge on any atom is -0.311 e. The molecule has 0 radical (unpaired) electrons. The predicted molar refractivity (Wildman–Crippen MR) is 79.9 cm³/mol. The molecule has 108 valence electrons. The van der Waals surface area contributed by atoms with Gasteiger partial charge in [0.05, 0.1) is 5.75 Å². The van der Waals surface area contributed by atoms with Crippen LogP contribution in [0.3, 0.4) is 0 Å². The van der Waals surface area contributed by atoms with Crippen molar-refractivity contribution >= 4 is 22.4 Å². The number of benzene rings is 1. The van der Waals surface area contributed by atoms with E-state index in [1.54, 1.807) is 4.31 Å². The molecular weight excluding hydrogens is 284 g/mol. The lowest BCUT2D eigenvalue weighted by Gasteiger charge is -2.37. The summed E-state index contributed by atoms with van der Waals surface area (Å²) >= 11 is 0. The Morgan fingerprint density at radius 1 is 1.26 bits per heavy atom. The van der Waals surface area contributed by atoms with Crippen LogP contribution in [-0.2, 0) is 15.8 Å². The van der Waals surface area contributed by atoms with E-state index in [4.69, 9.17) is 0 Å². The van der Waals surface area contributed by atoms with Gasteiger partial charge in [-0.15, -0.1) is 12.4 Å². The maximum atomic E-state index is 12.4. The van der Waals surface area contributed by atoms with Crippen LogP contribution in [0.15, 0.2) is 30.3 Å². The molecular formula is C13H21ClN2O2S. The van der Waals surface area contributed by atoms with Gasteiger partial charge in [0, 0.05) is 25.2 Å². The summed E-state index contributed by atoms with van der Waals surface area (Å²) < 4.78 is 26.4. The quantitative estimate of drug-likeness (QED) is 0.923. The molecule has 0 bridgehead atoms. The van der Waals surface area contributed by atoms with Gasteiger partial charge in [0.2, 0.25) is 10.0 Å². The van der Waals surface area contributed by atoms with Gasteiger partial charge in [0.25, 0.3) is 0 Å². The van der Waals surface area contributed by atoms with Crippen LogP contribution in [0, 0.1) is 0 Å². The van der Waals surface area contributed by atoms with Gasteiger partial charge >= 0.3 is 0 Å². The van der Waals surface area contributed by atoms with E-state index in [1.165, 1.54) is 0 Å². The maximum absolute atomic E-state index is 12.4. The molecule has 19 heavy (non-hydrogen) atoms. The Labute approximate surface area is 121 Å². The highest BCUT2D eigenvalue weighted by Crippen LogP contribution is 2.17. The molecule has 1 heterocycles. The summed E-state index contributed by atoms with van der Waals surface area (Å²) in [5, 5.41) is 3.29. The first-order valence-electron chi connectivity index (χ1n) is 6.27. The summed E-state index contributed by atoms with van der Waals surface area (Å²) in [6.45, 7) is 5.26. The molecule has 0 aliphatic carbocycles. The lowest BCUT2D eigenvalue weighted by molar-refractivity contribution is 0.232. The molecule has 0 saturated carbocycles. The Kier molecular flexibility index (Phi) is 5.80. The fourth-order valence-corrected chi connectivity index (χ4v) is 4.12. The van der Waals surface area contributed by atoms with Crippen LogP contribution in [0.25, 0.3) is 0 Å². The molecule has 1 N–H and O–H groups in total. The van der Waals surface area contributed by atoms with Crippen LogP contribution in [0.2, 0.25) is 0 Å². The first-order chi connectivity index (χ1) is 8.50. The average molecular weight is 305 g/mol. The van der Waals surface area contributed by atoms with E-state index in [1.807, 2.05) is 44.2 Å². The Morgan fingerprint density at radius 2 is 1.89 bits per heavy atom. The van der Waals surface area contributed by atoms with Gasteiger partial charge < -0.3 is 5.32 Å². The van der Waals surface area contributed by atoms with Gasteiger partial charge in [-0.3, -0.25) is 0 Å². The van der Waals surface area contributed by atoms with Gasteiger partial charge in [-0.2, -0.15) is 4.31 Å². The van der Waals surface area contributed by atoms with E-state index in [0.717, 1.165) is 12.1 Å². The SMILES string of the molecule is CC1NCCN(S(=O)(=O)Cc2ccccc2)C1C.Cl. The highest BCUT2D eigenvalue weighted by molar-refractivity contribution is 7.88. The number of hydrogen-bond donors (Lipinski definition) is 1. The summed E-state index contributed by atoms with van der Waals surface area (Å²) in [5.41, 5.74) is 0.843. The smallest absolute Gasteiger partial charge is 0.218 e. The van der Waals surface area contributed by atoms with Crippen molar-refractivity contribution in [2.24, 2.45) is 0 Å². The first-order valence-corrected chi connectivity index (χ1v) is 7.88. The van der Waals surface area contributed by atoms with Gasteiger partial charge in [0.15, 0.2) is 0 Å². The van der Waals surface area contributed by atoms with Crippen molar-refractivity contribution in [3.05, 3.63) is 35.9 Å². The maximum Gasteiger partial charge on any atom is 0.218 e. The summed E-state index contributed by atoms with van der Waals surface area (Å²) in [6.07, 6.45) is 0. The molecule has 1 aliphatic rings. The number of sulfonamides is 1. The third kappa shape index (κ3) is 3.92. The van der Waals surface area contributed by atoms with Crippen LogP contribution in [0.5, 0.6) is 0 Å². The molecule has 0 amide bonds. The van der Waals surface area contributed by atoms with Crippen molar-refractivity contribution < 1.29 is 8.42 Å². The number of piperazine rings is 1. The van der Waals surface area contributed by atoms with E-state index in [-0.39, 0.29) is 30.2 Å². The summed E-state index contributed by atoms with van der Waals surface area (Å²) in [7, 11) is -3.23. The topological polar surface area (TPSA) is 49.4 Å². The van der Waals surface area contributed by atoms with E-state index < -0.39 is 10.0 Å². The zero-order valence-corrected chi connectivity index (χ0v) is 12.9. The molecule has 1 saturated heterocycles. The van der Waals surface area contributed by atoms with Crippen molar-refractivity contribution in [2.75, 3.05) is 13.1 Å². The standard InChI is InChI=1S/C13H20N2O2S.ClH/c1-11-12(2)15(9-8-14-11)18(16,17)10-13-6-4-3-5-7-13;/h3-7,11-12,14H,8-10H2,1-2H3;1H. The minimum absolute atomic E-state index is 0. The molecule has 1 aromatic rings. The minimum atomic E-state index is -3.23. The van der Waals surface area contributed by atoms with Gasteiger partial charge in [-0.05, 0) is 19.4 Å². The van der Waals surface area contributed by atoms with Crippen molar-refractivity contribution in [1.29, 1.82) is 0 Å². The molecule has 4 nitrogen and oxygen atoms in total. The Hall–Kier alpha value is -0.620. The summed E-state index contributed by atoms with van der Waals surface area (Å²) in [5.74, 6) is 0.0882. The normalized spacial score (nSPS) is 24.7. The second-order valence-electron chi connectivity index (χ2n) is 4.84. The molecule has 1 aliphatic heterocycles. The largest absolute Gasteiger partial charge is 0.311 e. The number of nitrogens with one attached hydrogen (secondary N) is 1. The zero-order valence-electron chi connectivity index (χ0n) is 11.2. The summed E-state index contributed by atoms with van der Waals surface area (Å²) in [6, 6.07) is 9.55. The van der Waals surface area contributed by atoms with Gasteiger partial charge in [-0.25, -0.2) is 8.42 Å². The molecule has 2 atom stereocenters. The van der Waals surface area contributed by atoms with Crippen molar-refractivity contribution in [2.45, 2.75) is 31.7 Å². The van der Waals surface area contributed by atoms with Crippen LogP contribution >= 0.6 is 12.4 Å². The second-order valence-corrected chi connectivity index (χ2v) is 6.76. The van der Waals surface area contributed by atoms with Gasteiger partial charge in [-0.1, -0.05) is 30.3 Å². The third-order valence-corrected chi connectivity index (χ3v) is 5.45. The van der Waals surface area contributed by atoms with Crippen LogP contribution < -0.4 is 5.32 Å².